The molecule has 0 atom stereocenters. The van der Waals surface area contributed by atoms with Gasteiger partial charge in [0.2, 0.25) is 0 Å². The van der Waals surface area contributed by atoms with Crippen LogP contribution < -0.4 is 10.3 Å². The molecule has 168 valence electrons. The minimum absolute atomic E-state index is 0.0133. The van der Waals surface area contributed by atoms with Crippen molar-refractivity contribution in [3.05, 3.63) is 103 Å². The van der Waals surface area contributed by atoms with E-state index in [4.69, 9.17) is 16.3 Å². The maximum absolute atomic E-state index is 13.8. The highest BCUT2D eigenvalue weighted by atomic mass is 79.9. The molecule has 8 heteroatoms. The van der Waals surface area contributed by atoms with Crippen molar-refractivity contribution in [2.45, 2.75) is 26.4 Å². The summed E-state index contributed by atoms with van der Waals surface area (Å²) in [4.78, 5) is 17.7. The fourth-order valence-electron chi connectivity index (χ4n) is 3.26. The van der Waals surface area contributed by atoms with Crippen molar-refractivity contribution in [3.8, 4) is 5.75 Å². The molecule has 0 unspecified atom stereocenters. The van der Waals surface area contributed by atoms with Crippen LogP contribution in [-0.4, -0.2) is 15.9 Å². The summed E-state index contributed by atoms with van der Waals surface area (Å²) in [5, 5.41) is 5.23. The fourth-order valence-corrected chi connectivity index (χ4v) is 3.87. The largest absolute Gasteiger partial charge is 0.487 e. The van der Waals surface area contributed by atoms with Crippen LogP contribution in [0.2, 0.25) is 5.02 Å². The van der Waals surface area contributed by atoms with Crippen LogP contribution in [0.1, 0.15) is 36.7 Å². The van der Waals surface area contributed by atoms with Crippen molar-refractivity contribution in [3.63, 3.8) is 0 Å². The third kappa shape index (κ3) is 5.15. The van der Waals surface area contributed by atoms with Gasteiger partial charge in [-0.1, -0.05) is 59.6 Å². The molecule has 0 aliphatic rings. The Morgan fingerprint density at radius 2 is 1.97 bits per heavy atom. The van der Waals surface area contributed by atoms with E-state index in [0.717, 1.165) is 4.47 Å². The predicted molar refractivity (Wildman–Crippen MR) is 133 cm³/mol. The highest BCUT2D eigenvalue weighted by molar-refractivity contribution is 9.10. The van der Waals surface area contributed by atoms with Crippen LogP contribution in [0.25, 0.3) is 10.9 Å². The summed E-state index contributed by atoms with van der Waals surface area (Å²) in [5.41, 5.74) is 1.49. The Morgan fingerprint density at radius 3 is 2.70 bits per heavy atom. The maximum Gasteiger partial charge on any atom is 0.282 e. The van der Waals surface area contributed by atoms with E-state index in [9.17, 15) is 9.18 Å². The van der Waals surface area contributed by atoms with Crippen molar-refractivity contribution in [1.29, 1.82) is 0 Å². The third-order valence-electron chi connectivity index (χ3n) is 4.97. The number of nitrogens with zero attached hydrogens (tertiary/aromatic N) is 3. The molecule has 4 rings (SSSR count). The number of aromatic nitrogens is 2. The van der Waals surface area contributed by atoms with Gasteiger partial charge in [-0.05, 0) is 48.0 Å². The molecule has 0 amide bonds. The van der Waals surface area contributed by atoms with Crippen molar-refractivity contribution in [2.24, 2.45) is 5.10 Å². The molecule has 0 aliphatic carbocycles. The number of halogens is 3. The summed E-state index contributed by atoms with van der Waals surface area (Å²) in [6.07, 6.45) is 1.55. The molecule has 4 aromatic rings. The first-order chi connectivity index (χ1) is 15.8. The molecule has 0 saturated heterocycles. The van der Waals surface area contributed by atoms with E-state index < -0.39 is 0 Å². The first kappa shape index (κ1) is 23.1. The first-order valence-corrected chi connectivity index (χ1v) is 11.4. The summed E-state index contributed by atoms with van der Waals surface area (Å²) in [6, 6.07) is 16.9. The molecule has 0 bridgehead atoms. The molecule has 3 aromatic carbocycles. The maximum atomic E-state index is 13.8. The minimum Gasteiger partial charge on any atom is -0.487 e. The zero-order chi connectivity index (χ0) is 23.5. The van der Waals surface area contributed by atoms with E-state index in [1.165, 1.54) is 10.7 Å². The molecule has 0 fully saturated rings. The number of benzene rings is 3. The van der Waals surface area contributed by atoms with Crippen molar-refractivity contribution in [1.82, 2.24) is 9.66 Å². The Kier molecular flexibility index (Phi) is 6.91. The zero-order valence-electron chi connectivity index (χ0n) is 17.9. The second-order valence-electron chi connectivity index (χ2n) is 7.72. The molecule has 33 heavy (non-hydrogen) atoms. The quantitative estimate of drug-likeness (QED) is 0.267. The standard InChI is InChI=1S/C25H20BrClFN3O2/c1-15(2)24-30-22-9-8-18(26)12-19(22)25(32)31(24)29-13-16-7-10-23(20(27)11-16)33-14-17-5-3-4-6-21(17)28/h3-13,15H,14H2,1-2H3. The molecule has 0 radical (unpaired) electrons. The van der Waals surface area contributed by atoms with Gasteiger partial charge in [-0.25, -0.2) is 9.37 Å². The van der Waals surface area contributed by atoms with Crippen molar-refractivity contribution < 1.29 is 9.13 Å². The summed E-state index contributed by atoms with van der Waals surface area (Å²) in [5.74, 6) is 0.636. The number of fused-ring (bicyclic) bond motifs is 1. The third-order valence-corrected chi connectivity index (χ3v) is 5.76. The molecular weight excluding hydrogens is 509 g/mol. The van der Waals surface area contributed by atoms with Gasteiger partial charge >= 0.3 is 0 Å². The molecule has 5 nitrogen and oxygen atoms in total. The smallest absolute Gasteiger partial charge is 0.282 e. The van der Waals surface area contributed by atoms with E-state index >= 15 is 0 Å². The Labute approximate surface area is 203 Å². The number of hydrogen-bond donors (Lipinski definition) is 0. The van der Waals surface area contributed by atoms with Gasteiger partial charge in [0.1, 0.15) is 24.0 Å². The van der Waals surface area contributed by atoms with Gasteiger partial charge < -0.3 is 4.74 Å². The lowest BCUT2D eigenvalue weighted by atomic mass is 10.2. The Bertz CT molecular complexity index is 1420. The fraction of sp³-hybridized carbons (Fsp3) is 0.160. The van der Waals surface area contributed by atoms with Gasteiger partial charge in [0.05, 0.1) is 22.1 Å². The van der Waals surface area contributed by atoms with Crippen molar-refractivity contribution >= 4 is 44.6 Å². The lowest BCUT2D eigenvalue weighted by Gasteiger charge is -2.12. The topological polar surface area (TPSA) is 56.5 Å². The molecule has 0 aliphatic heterocycles. The van der Waals surface area contributed by atoms with E-state index in [0.29, 0.717) is 38.6 Å². The number of ether oxygens (including phenoxy) is 1. The SMILES string of the molecule is CC(C)c1nc2ccc(Br)cc2c(=O)n1N=Cc1ccc(OCc2ccccc2F)c(Cl)c1. The summed E-state index contributed by atoms with van der Waals surface area (Å²) < 4.78 is 21.6. The molecule has 1 aromatic heterocycles. The van der Waals surface area contributed by atoms with E-state index in [2.05, 4.69) is 26.0 Å². The van der Waals surface area contributed by atoms with Gasteiger partial charge in [0.25, 0.3) is 5.56 Å². The average molecular weight is 529 g/mol. The summed E-state index contributed by atoms with van der Waals surface area (Å²) in [7, 11) is 0. The lowest BCUT2D eigenvalue weighted by Crippen LogP contribution is -2.23. The highest BCUT2D eigenvalue weighted by Gasteiger charge is 2.14. The zero-order valence-corrected chi connectivity index (χ0v) is 20.3. The number of rotatable bonds is 6. The van der Waals surface area contributed by atoms with Crippen LogP contribution in [0.5, 0.6) is 5.75 Å². The summed E-state index contributed by atoms with van der Waals surface area (Å²) >= 11 is 9.76. The van der Waals surface area contributed by atoms with Crippen LogP contribution in [0.15, 0.2) is 75.0 Å². The van der Waals surface area contributed by atoms with Crippen LogP contribution in [0.3, 0.4) is 0 Å². The van der Waals surface area contributed by atoms with Gasteiger partial charge in [-0.15, -0.1) is 0 Å². The van der Waals surface area contributed by atoms with Gasteiger partial charge in [-0.3, -0.25) is 4.79 Å². The van der Waals surface area contributed by atoms with E-state index in [-0.39, 0.29) is 23.9 Å². The second-order valence-corrected chi connectivity index (χ2v) is 9.04. The molecular formula is C25H20BrClFN3O2. The first-order valence-electron chi connectivity index (χ1n) is 10.3. The molecule has 0 spiro atoms. The van der Waals surface area contributed by atoms with Crippen LogP contribution in [0, 0.1) is 5.82 Å². The Morgan fingerprint density at radius 1 is 1.18 bits per heavy atom. The average Bonchev–Trinajstić information content (AvgIpc) is 2.79. The van der Waals surface area contributed by atoms with Crippen LogP contribution in [0.4, 0.5) is 4.39 Å². The van der Waals surface area contributed by atoms with Crippen LogP contribution in [-0.2, 0) is 6.61 Å². The molecule has 0 saturated carbocycles. The predicted octanol–water partition coefficient (Wildman–Crippen LogP) is 6.54. The normalized spacial score (nSPS) is 11.6. The van der Waals surface area contributed by atoms with Gasteiger partial charge in [0.15, 0.2) is 0 Å². The van der Waals surface area contributed by atoms with Crippen LogP contribution >= 0.6 is 27.5 Å². The second kappa shape index (κ2) is 9.85. The molecule has 0 N–H and O–H groups in total. The minimum atomic E-state index is -0.334. The van der Waals surface area contributed by atoms with E-state index in [1.807, 2.05) is 19.9 Å². The highest BCUT2D eigenvalue weighted by Crippen LogP contribution is 2.26. The van der Waals surface area contributed by atoms with E-state index in [1.54, 1.807) is 54.7 Å². The Hall–Kier alpha value is -3.03. The van der Waals surface area contributed by atoms with Crippen molar-refractivity contribution in [2.75, 3.05) is 0 Å². The monoisotopic (exact) mass is 527 g/mol. The summed E-state index contributed by atoms with van der Waals surface area (Å²) in [6.45, 7) is 3.97. The molecule has 1 heterocycles. The Balaban J connectivity index is 1.62. The number of hydrogen-bond acceptors (Lipinski definition) is 4. The lowest BCUT2D eigenvalue weighted by molar-refractivity contribution is 0.300. The van der Waals surface area contributed by atoms with Gasteiger partial charge in [-0.2, -0.15) is 9.78 Å². The van der Waals surface area contributed by atoms with Gasteiger partial charge in [0, 0.05) is 16.0 Å².